The topological polar surface area (TPSA) is 90.9 Å². The van der Waals surface area contributed by atoms with Crippen LogP contribution in [0.4, 0.5) is 0 Å². The summed E-state index contributed by atoms with van der Waals surface area (Å²) in [5.74, 6) is 0.714. The molecule has 0 fully saturated rings. The highest BCUT2D eigenvalue weighted by molar-refractivity contribution is 5.74. The molecule has 0 aromatic heterocycles. The van der Waals surface area contributed by atoms with Gasteiger partial charge in [0.1, 0.15) is 18.6 Å². The molecular formula is C39H70O9. The molecule has 0 saturated carbocycles. The predicted octanol–water partition coefficient (Wildman–Crippen LogP) is 8.26. The Hall–Kier alpha value is -1.59. The maximum absolute atomic E-state index is 10.6. The molecule has 0 radical (unpaired) electrons. The van der Waals surface area contributed by atoms with Crippen LogP contribution in [0, 0.1) is 0 Å². The molecule has 0 N–H and O–H groups in total. The van der Waals surface area contributed by atoms with Crippen molar-refractivity contribution in [1.29, 1.82) is 0 Å². The van der Waals surface area contributed by atoms with E-state index in [1.165, 1.54) is 96.3 Å². The van der Waals surface area contributed by atoms with Gasteiger partial charge >= 0.3 is 0 Å². The van der Waals surface area contributed by atoms with Crippen LogP contribution in [0.5, 0.6) is 5.75 Å². The van der Waals surface area contributed by atoms with Crippen LogP contribution >= 0.6 is 0 Å². The SMILES string of the molecule is CCCCCCCCCCCCCCCCCCOCCOCCOCCOCCOCCOCCOCCOc1ccc(C=O)cc1. The molecule has 0 saturated heterocycles. The summed E-state index contributed by atoms with van der Waals surface area (Å²) in [5.41, 5.74) is 0.626. The fourth-order valence-electron chi connectivity index (χ4n) is 5.03. The average Bonchev–Trinajstić information content (AvgIpc) is 3.11. The van der Waals surface area contributed by atoms with Crippen LogP contribution in [0.3, 0.4) is 0 Å². The number of rotatable bonds is 40. The van der Waals surface area contributed by atoms with Gasteiger partial charge in [-0.2, -0.15) is 0 Å². The monoisotopic (exact) mass is 683 g/mol. The van der Waals surface area contributed by atoms with Crippen LogP contribution in [-0.2, 0) is 33.2 Å². The van der Waals surface area contributed by atoms with Crippen LogP contribution < -0.4 is 4.74 Å². The number of unbranched alkanes of at least 4 members (excludes halogenated alkanes) is 15. The van der Waals surface area contributed by atoms with E-state index < -0.39 is 0 Å². The van der Waals surface area contributed by atoms with Crippen LogP contribution in [-0.4, -0.2) is 105 Å². The summed E-state index contributed by atoms with van der Waals surface area (Å²) in [6.45, 7) is 10.6. The van der Waals surface area contributed by atoms with Gasteiger partial charge in [0, 0.05) is 12.2 Å². The third-order valence-electron chi connectivity index (χ3n) is 7.89. The Morgan fingerprint density at radius 1 is 0.375 bits per heavy atom. The van der Waals surface area contributed by atoms with E-state index in [0.717, 1.165) is 19.3 Å². The van der Waals surface area contributed by atoms with Gasteiger partial charge in [-0.15, -0.1) is 0 Å². The van der Waals surface area contributed by atoms with Crippen molar-refractivity contribution in [2.45, 2.75) is 110 Å². The van der Waals surface area contributed by atoms with E-state index in [9.17, 15) is 4.79 Å². The number of carbonyl (C=O) groups is 1. The maximum Gasteiger partial charge on any atom is 0.150 e. The first-order valence-corrected chi connectivity index (χ1v) is 19.1. The summed E-state index contributed by atoms with van der Waals surface area (Å²) in [7, 11) is 0. The quantitative estimate of drug-likeness (QED) is 0.0501. The first-order valence-electron chi connectivity index (χ1n) is 19.1. The highest BCUT2D eigenvalue weighted by atomic mass is 16.6. The van der Waals surface area contributed by atoms with Crippen molar-refractivity contribution in [3.05, 3.63) is 29.8 Å². The first kappa shape index (κ1) is 44.4. The van der Waals surface area contributed by atoms with Gasteiger partial charge in [0.05, 0.1) is 85.9 Å². The third-order valence-corrected chi connectivity index (χ3v) is 7.89. The number of benzene rings is 1. The highest BCUT2D eigenvalue weighted by Crippen LogP contribution is 2.14. The van der Waals surface area contributed by atoms with Crippen molar-refractivity contribution in [3.8, 4) is 5.75 Å². The molecule has 0 atom stereocenters. The standard InChI is InChI=1S/C39H70O9/c1-2-3-4-5-6-7-8-9-10-11-12-13-14-15-16-17-22-41-23-24-42-25-26-43-27-28-44-29-30-45-31-32-46-33-34-47-35-36-48-39-20-18-38(37-40)19-21-39/h18-21,37H,2-17,22-36H2,1H3. The molecule has 0 aliphatic heterocycles. The van der Waals surface area contributed by atoms with Crippen LogP contribution in [0.2, 0.25) is 0 Å². The van der Waals surface area contributed by atoms with Crippen LogP contribution in [0.25, 0.3) is 0 Å². The first-order chi connectivity index (χ1) is 23.9. The molecule has 0 unspecified atom stereocenters. The molecule has 1 aromatic rings. The van der Waals surface area contributed by atoms with Gasteiger partial charge in [-0.05, 0) is 30.7 Å². The van der Waals surface area contributed by atoms with E-state index in [0.29, 0.717) is 104 Å². The third kappa shape index (κ3) is 32.9. The normalized spacial score (nSPS) is 11.4. The largest absolute Gasteiger partial charge is 0.491 e. The lowest BCUT2D eigenvalue weighted by atomic mass is 10.0. The lowest BCUT2D eigenvalue weighted by molar-refractivity contribution is -0.0213. The van der Waals surface area contributed by atoms with Gasteiger partial charge in [-0.1, -0.05) is 103 Å². The average molecular weight is 683 g/mol. The van der Waals surface area contributed by atoms with Gasteiger partial charge in [0.25, 0.3) is 0 Å². The number of aldehydes is 1. The lowest BCUT2D eigenvalue weighted by Crippen LogP contribution is -2.15. The maximum atomic E-state index is 10.6. The minimum atomic E-state index is 0.442. The van der Waals surface area contributed by atoms with Gasteiger partial charge in [-0.25, -0.2) is 0 Å². The predicted molar refractivity (Wildman–Crippen MR) is 193 cm³/mol. The molecule has 0 aliphatic carbocycles. The van der Waals surface area contributed by atoms with Gasteiger partial charge in [0.15, 0.2) is 0 Å². The lowest BCUT2D eigenvalue weighted by Gasteiger charge is -2.09. The summed E-state index contributed by atoms with van der Waals surface area (Å²) in [5, 5.41) is 0. The molecule has 48 heavy (non-hydrogen) atoms. The van der Waals surface area contributed by atoms with Crippen molar-refractivity contribution in [2.75, 3.05) is 99.1 Å². The molecule has 280 valence electrons. The zero-order valence-electron chi connectivity index (χ0n) is 30.5. The van der Waals surface area contributed by atoms with E-state index in [-0.39, 0.29) is 0 Å². The summed E-state index contributed by atoms with van der Waals surface area (Å²) < 4.78 is 44.3. The molecule has 1 aromatic carbocycles. The van der Waals surface area contributed by atoms with Crippen molar-refractivity contribution >= 4 is 6.29 Å². The Labute approximate surface area is 293 Å². The van der Waals surface area contributed by atoms with Gasteiger partial charge < -0.3 is 37.9 Å². The highest BCUT2D eigenvalue weighted by Gasteiger charge is 1.98. The number of carbonyl (C=O) groups excluding carboxylic acids is 1. The second-order valence-corrected chi connectivity index (χ2v) is 12.1. The van der Waals surface area contributed by atoms with Crippen LogP contribution in [0.1, 0.15) is 120 Å². The smallest absolute Gasteiger partial charge is 0.150 e. The molecule has 9 nitrogen and oxygen atoms in total. The minimum Gasteiger partial charge on any atom is -0.491 e. The number of hydrogen-bond donors (Lipinski definition) is 0. The van der Waals surface area contributed by atoms with Crippen molar-refractivity contribution in [3.63, 3.8) is 0 Å². The van der Waals surface area contributed by atoms with Crippen molar-refractivity contribution in [2.24, 2.45) is 0 Å². The van der Waals surface area contributed by atoms with E-state index >= 15 is 0 Å². The second kappa shape index (κ2) is 38.2. The Kier molecular flexibility index (Phi) is 35.4. The van der Waals surface area contributed by atoms with E-state index in [4.69, 9.17) is 37.9 Å². The molecule has 0 spiro atoms. The fraction of sp³-hybridized carbons (Fsp3) is 0.821. The Balaban J connectivity index is 1.63. The summed E-state index contributed by atoms with van der Waals surface area (Å²) in [6.07, 6.45) is 23.0. The van der Waals surface area contributed by atoms with Gasteiger partial charge in [0.2, 0.25) is 0 Å². The molecule has 1 rings (SSSR count). The molecular weight excluding hydrogens is 612 g/mol. The zero-order valence-corrected chi connectivity index (χ0v) is 30.5. The molecule has 0 aliphatic rings. The Morgan fingerprint density at radius 2 is 0.667 bits per heavy atom. The Morgan fingerprint density at radius 3 is 1.00 bits per heavy atom. The summed E-state index contributed by atoms with van der Waals surface area (Å²) in [6, 6.07) is 6.97. The zero-order chi connectivity index (χ0) is 34.3. The second-order valence-electron chi connectivity index (χ2n) is 12.1. The fourth-order valence-corrected chi connectivity index (χ4v) is 5.03. The molecule has 9 heteroatoms. The molecule has 0 heterocycles. The summed E-state index contributed by atoms with van der Waals surface area (Å²) >= 11 is 0. The van der Waals surface area contributed by atoms with E-state index in [1.807, 2.05) is 0 Å². The number of hydrogen-bond acceptors (Lipinski definition) is 9. The van der Waals surface area contributed by atoms with E-state index in [1.54, 1.807) is 24.3 Å². The van der Waals surface area contributed by atoms with E-state index in [2.05, 4.69) is 6.92 Å². The van der Waals surface area contributed by atoms with Crippen molar-refractivity contribution in [1.82, 2.24) is 0 Å². The molecule has 0 amide bonds. The van der Waals surface area contributed by atoms with Crippen molar-refractivity contribution < 1.29 is 42.7 Å². The minimum absolute atomic E-state index is 0.442. The number of ether oxygens (including phenoxy) is 8. The van der Waals surface area contributed by atoms with Crippen LogP contribution in [0.15, 0.2) is 24.3 Å². The molecule has 0 bridgehead atoms. The van der Waals surface area contributed by atoms with Gasteiger partial charge in [-0.3, -0.25) is 4.79 Å². The Bertz CT molecular complexity index is 762. The summed E-state index contributed by atoms with van der Waals surface area (Å²) in [4.78, 5) is 10.6.